The smallest absolute Gasteiger partial charge is 0.245 e. The second-order valence-electron chi connectivity index (χ2n) is 7.85. The molecular weight excluding hydrogens is 287 g/mol. The third-order valence-corrected chi connectivity index (χ3v) is 5.03. The first-order valence-corrected chi connectivity index (χ1v) is 8.69. The first-order valence-electron chi connectivity index (χ1n) is 8.69. The lowest BCUT2D eigenvalue weighted by Crippen LogP contribution is -2.46. The Bertz CT molecular complexity index is 589. The van der Waals surface area contributed by atoms with Crippen molar-refractivity contribution in [2.75, 3.05) is 18.4 Å². The molecule has 0 bridgehead atoms. The molecule has 1 fully saturated rings. The first kappa shape index (κ1) is 16.4. The average molecular weight is 314 g/mol. The third kappa shape index (κ3) is 3.89. The summed E-state index contributed by atoms with van der Waals surface area (Å²) >= 11 is 0. The number of benzene rings is 1. The number of rotatable bonds is 3. The summed E-state index contributed by atoms with van der Waals surface area (Å²) < 4.78 is 0. The largest absolute Gasteiger partial charge is 0.390 e. The molecule has 2 N–H and O–H groups in total. The van der Waals surface area contributed by atoms with Gasteiger partial charge < -0.3 is 15.3 Å². The summed E-state index contributed by atoms with van der Waals surface area (Å²) in [6, 6.07) is 6.22. The van der Waals surface area contributed by atoms with Gasteiger partial charge in [-0.3, -0.25) is 4.79 Å². The normalized spacial score (nSPS) is 21.9. The van der Waals surface area contributed by atoms with E-state index in [2.05, 4.69) is 31.4 Å². The Hall–Kier alpha value is -1.49. The third-order valence-electron chi connectivity index (χ3n) is 5.03. The van der Waals surface area contributed by atoms with Crippen molar-refractivity contribution in [3.8, 4) is 0 Å². The summed E-state index contributed by atoms with van der Waals surface area (Å²) in [6.45, 7) is 5.36. The van der Waals surface area contributed by atoms with Gasteiger partial charge in [-0.15, -0.1) is 0 Å². The van der Waals surface area contributed by atoms with E-state index in [0.29, 0.717) is 5.92 Å². The highest BCUT2D eigenvalue weighted by Gasteiger charge is 2.33. The van der Waals surface area contributed by atoms with Crippen molar-refractivity contribution in [3.05, 3.63) is 23.8 Å². The fraction of sp³-hybridized carbons (Fsp3) is 0.611. The number of likely N-dealkylation sites (tertiary alicyclic amines) is 1. The molecule has 1 aromatic rings. The van der Waals surface area contributed by atoms with E-state index in [-0.39, 0.29) is 11.9 Å². The SMILES string of the molecule is Bc1ccc2c(c1)CC(C(=O)N1CCC(CC(C)(C)O)CC1)N2. The van der Waals surface area contributed by atoms with Crippen LogP contribution in [0.15, 0.2) is 18.2 Å². The Balaban J connectivity index is 1.55. The summed E-state index contributed by atoms with van der Waals surface area (Å²) in [7, 11) is 2.09. The maximum Gasteiger partial charge on any atom is 0.245 e. The van der Waals surface area contributed by atoms with Crippen LogP contribution in [-0.2, 0) is 11.2 Å². The summed E-state index contributed by atoms with van der Waals surface area (Å²) in [4.78, 5) is 14.8. The van der Waals surface area contributed by atoms with E-state index in [1.165, 1.54) is 11.0 Å². The number of piperidine rings is 1. The zero-order valence-corrected chi connectivity index (χ0v) is 14.4. The molecule has 23 heavy (non-hydrogen) atoms. The van der Waals surface area contributed by atoms with Gasteiger partial charge in [-0.25, -0.2) is 0 Å². The van der Waals surface area contributed by atoms with Crippen LogP contribution in [0.1, 0.15) is 38.7 Å². The highest BCUT2D eigenvalue weighted by molar-refractivity contribution is 6.32. The highest BCUT2D eigenvalue weighted by Crippen LogP contribution is 2.29. The van der Waals surface area contributed by atoms with Gasteiger partial charge in [-0.05, 0) is 50.7 Å². The predicted molar refractivity (Wildman–Crippen MR) is 96.0 cm³/mol. The zero-order valence-electron chi connectivity index (χ0n) is 14.4. The predicted octanol–water partition coefficient (Wildman–Crippen LogP) is 0.681. The minimum absolute atomic E-state index is 0.113. The van der Waals surface area contributed by atoms with E-state index in [0.717, 1.165) is 44.5 Å². The van der Waals surface area contributed by atoms with Crippen molar-refractivity contribution in [2.45, 2.75) is 51.2 Å². The number of aliphatic hydroxyl groups is 1. The molecule has 1 unspecified atom stereocenters. The summed E-state index contributed by atoms with van der Waals surface area (Å²) in [5, 5.41) is 13.3. The molecule has 3 rings (SSSR count). The second-order valence-corrected chi connectivity index (χ2v) is 7.85. The van der Waals surface area contributed by atoms with Gasteiger partial charge in [-0.2, -0.15) is 0 Å². The average Bonchev–Trinajstić information content (AvgIpc) is 2.88. The molecule has 4 nitrogen and oxygen atoms in total. The van der Waals surface area contributed by atoms with Crippen LogP contribution in [-0.4, -0.2) is 48.5 Å². The maximum absolute atomic E-state index is 12.8. The number of anilines is 1. The maximum atomic E-state index is 12.8. The fourth-order valence-electron chi connectivity index (χ4n) is 3.92. The Morgan fingerprint density at radius 1 is 1.39 bits per heavy atom. The Morgan fingerprint density at radius 2 is 2.09 bits per heavy atom. The van der Waals surface area contributed by atoms with Gasteiger partial charge in [0.25, 0.3) is 0 Å². The number of hydrogen-bond acceptors (Lipinski definition) is 3. The lowest BCUT2D eigenvalue weighted by molar-refractivity contribution is -0.133. The molecule has 0 spiro atoms. The van der Waals surface area contributed by atoms with Crippen molar-refractivity contribution >= 4 is 24.9 Å². The zero-order chi connectivity index (χ0) is 16.6. The van der Waals surface area contributed by atoms with E-state index in [1.807, 2.05) is 18.7 Å². The van der Waals surface area contributed by atoms with Crippen LogP contribution >= 0.6 is 0 Å². The molecule has 1 saturated heterocycles. The van der Waals surface area contributed by atoms with E-state index >= 15 is 0 Å². The van der Waals surface area contributed by atoms with E-state index in [1.54, 1.807) is 0 Å². The van der Waals surface area contributed by atoms with Crippen LogP contribution in [0.3, 0.4) is 0 Å². The number of carbonyl (C=O) groups is 1. The molecule has 0 radical (unpaired) electrons. The molecule has 0 aliphatic carbocycles. The summed E-state index contributed by atoms with van der Waals surface area (Å²) in [6.07, 6.45) is 3.60. The number of hydrogen-bond donors (Lipinski definition) is 2. The highest BCUT2D eigenvalue weighted by atomic mass is 16.3. The van der Waals surface area contributed by atoms with Gasteiger partial charge in [0.15, 0.2) is 0 Å². The molecule has 0 aromatic heterocycles. The standard InChI is InChI=1S/C18H27BN2O2/c1-18(2,23)11-12-5-7-21(8-6-12)17(22)16-10-13-9-14(19)3-4-15(13)20-16/h3-4,9,12,16,20,23H,5-8,10-11,19H2,1-2H3. The Labute approximate surface area is 139 Å². The van der Waals surface area contributed by atoms with Crippen molar-refractivity contribution in [1.82, 2.24) is 4.90 Å². The van der Waals surface area contributed by atoms with Crippen LogP contribution < -0.4 is 10.8 Å². The van der Waals surface area contributed by atoms with E-state index in [4.69, 9.17) is 0 Å². The molecule has 2 heterocycles. The van der Waals surface area contributed by atoms with Gasteiger partial charge in [0, 0.05) is 25.2 Å². The first-order chi connectivity index (χ1) is 10.8. The quantitative estimate of drug-likeness (QED) is 0.807. The number of nitrogens with one attached hydrogen (secondary N) is 1. The van der Waals surface area contributed by atoms with Crippen LogP contribution in [0.2, 0.25) is 0 Å². The number of fused-ring (bicyclic) bond motifs is 1. The van der Waals surface area contributed by atoms with Crippen molar-refractivity contribution in [1.29, 1.82) is 0 Å². The minimum Gasteiger partial charge on any atom is -0.390 e. The second kappa shape index (κ2) is 6.19. The van der Waals surface area contributed by atoms with Gasteiger partial charge in [0.2, 0.25) is 5.91 Å². The Kier molecular flexibility index (Phi) is 4.41. The molecule has 5 heteroatoms. The van der Waals surface area contributed by atoms with E-state index in [9.17, 15) is 9.90 Å². The molecular formula is C18H27BN2O2. The van der Waals surface area contributed by atoms with Gasteiger partial charge >= 0.3 is 0 Å². The van der Waals surface area contributed by atoms with Crippen molar-refractivity contribution < 1.29 is 9.90 Å². The Morgan fingerprint density at radius 3 is 2.74 bits per heavy atom. The molecule has 124 valence electrons. The molecule has 2 aliphatic heterocycles. The summed E-state index contributed by atoms with van der Waals surface area (Å²) in [5.74, 6) is 0.746. The van der Waals surface area contributed by atoms with Crippen LogP contribution in [0.25, 0.3) is 0 Å². The fourth-order valence-corrected chi connectivity index (χ4v) is 3.92. The molecule has 2 aliphatic rings. The topological polar surface area (TPSA) is 52.6 Å². The minimum atomic E-state index is -0.608. The lowest BCUT2D eigenvalue weighted by Gasteiger charge is -2.35. The van der Waals surface area contributed by atoms with Crippen molar-refractivity contribution in [2.24, 2.45) is 5.92 Å². The lowest BCUT2D eigenvalue weighted by atomic mass is 9.86. The van der Waals surface area contributed by atoms with Crippen LogP contribution in [0.4, 0.5) is 5.69 Å². The van der Waals surface area contributed by atoms with Crippen LogP contribution in [0, 0.1) is 5.92 Å². The molecule has 1 aromatic carbocycles. The summed E-state index contributed by atoms with van der Waals surface area (Å²) in [5.41, 5.74) is 2.99. The van der Waals surface area contributed by atoms with Gasteiger partial charge in [-0.1, -0.05) is 17.6 Å². The van der Waals surface area contributed by atoms with Gasteiger partial charge in [0.1, 0.15) is 13.9 Å². The molecule has 1 atom stereocenters. The number of amides is 1. The van der Waals surface area contributed by atoms with E-state index < -0.39 is 5.60 Å². The molecule has 0 saturated carbocycles. The molecule has 1 amide bonds. The number of carbonyl (C=O) groups excluding carboxylic acids is 1. The van der Waals surface area contributed by atoms with Crippen molar-refractivity contribution in [3.63, 3.8) is 0 Å². The van der Waals surface area contributed by atoms with Crippen LogP contribution in [0.5, 0.6) is 0 Å². The monoisotopic (exact) mass is 314 g/mol. The van der Waals surface area contributed by atoms with Gasteiger partial charge in [0.05, 0.1) is 5.60 Å². The number of nitrogens with zero attached hydrogens (tertiary/aromatic N) is 1.